The first-order valence-corrected chi connectivity index (χ1v) is 5.43. The van der Waals surface area contributed by atoms with E-state index in [9.17, 15) is 4.39 Å². The first-order chi connectivity index (χ1) is 7.02. The highest BCUT2D eigenvalue weighted by molar-refractivity contribution is 5.36. The molecule has 1 heterocycles. The van der Waals surface area contributed by atoms with Crippen LogP contribution < -0.4 is 0 Å². The Hall–Kier alpha value is -0.890. The molecule has 0 saturated heterocycles. The topological polar surface area (TPSA) is 9.23 Å². The van der Waals surface area contributed by atoms with Crippen molar-refractivity contribution in [1.29, 1.82) is 0 Å². The quantitative estimate of drug-likeness (QED) is 0.633. The van der Waals surface area contributed by atoms with Crippen LogP contribution in [0.25, 0.3) is 0 Å². The molecule has 0 N–H and O–H groups in total. The van der Waals surface area contributed by atoms with Crippen LogP contribution in [0.5, 0.6) is 0 Å². The Labute approximate surface area is 90.3 Å². The number of benzene rings is 1. The highest BCUT2D eigenvalue weighted by Gasteiger charge is 2.30. The number of hydrogen-bond acceptors (Lipinski definition) is 1. The summed E-state index contributed by atoms with van der Waals surface area (Å²) in [5, 5.41) is 0. The fraction of sp³-hybridized carbons (Fsp3) is 0.538. The molecule has 1 aromatic carbocycles. The molecule has 2 rings (SSSR count). The molecule has 1 atom stereocenters. The van der Waals surface area contributed by atoms with Crippen LogP contribution in [-0.2, 0) is 10.2 Å². The average molecular weight is 208 g/mol. The second kappa shape index (κ2) is 3.60. The Morgan fingerprint density at radius 3 is 2.87 bits per heavy atom. The van der Waals surface area contributed by atoms with E-state index >= 15 is 0 Å². The number of rotatable bonds is 0. The lowest BCUT2D eigenvalue weighted by molar-refractivity contribution is 0.0625. The molecule has 2 heteroatoms. The van der Waals surface area contributed by atoms with Crippen LogP contribution >= 0.6 is 0 Å². The molecular formula is C13H17FO. The van der Waals surface area contributed by atoms with Crippen molar-refractivity contribution in [3.8, 4) is 0 Å². The Balaban J connectivity index is 2.62. The first kappa shape index (κ1) is 10.6. The maximum absolute atomic E-state index is 13.8. The van der Waals surface area contributed by atoms with E-state index in [4.69, 9.17) is 4.74 Å². The number of fused-ring (bicyclic) bond motifs is 1. The van der Waals surface area contributed by atoms with Crippen LogP contribution in [0.15, 0.2) is 18.2 Å². The predicted molar refractivity (Wildman–Crippen MR) is 58.4 cm³/mol. The van der Waals surface area contributed by atoms with Crippen molar-refractivity contribution in [3.05, 3.63) is 35.1 Å². The smallest absolute Gasteiger partial charge is 0.129 e. The maximum atomic E-state index is 13.8. The van der Waals surface area contributed by atoms with Gasteiger partial charge in [0.15, 0.2) is 0 Å². The van der Waals surface area contributed by atoms with Gasteiger partial charge in [-0.1, -0.05) is 26.0 Å². The molecule has 0 aromatic heterocycles. The molecule has 1 aliphatic rings. The van der Waals surface area contributed by atoms with Gasteiger partial charge in [-0.25, -0.2) is 4.39 Å². The van der Waals surface area contributed by atoms with E-state index in [2.05, 4.69) is 13.8 Å². The molecule has 0 bridgehead atoms. The van der Waals surface area contributed by atoms with Gasteiger partial charge < -0.3 is 4.74 Å². The minimum atomic E-state index is -0.144. The molecule has 0 radical (unpaired) electrons. The van der Waals surface area contributed by atoms with E-state index in [-0.39, 0.29) is 17.3 Å². The van der Waals surface area contributed by atoms with Crippen LogP contribution in [0, 0.1) is 5.82 Å². The van der Waals surface area contributed by atoms with Gasteiger partial charge in [-0.2, -0.15) is 0 Å². The lowest BCUT2D eigenvalue weighted by Gasteiger charge is -2.25. The lowest BCUT2D eigenvalue weighted by Crippen LogP contribution is -2.19. The van der Waals surface area contributed by atoms with E-state index in [1.165, 1.54) is 6.07 Å². The van der Waals surface area contributed by atoms with Crippen molar-refractivity contribution in [2.75, 3.05) is 6.61 Å². The normalized spacial score (nSPS) is 24.4. The van der Waals surface area contributed by atoms with Crippen LogP contribution in [0.4, 0.5) is 4.39 Å². The number of halogens is 1. The van der Waals surface area contributed by atoms with Crippen LogP contribution in [-0.4, -0.2) is 6.61 Å². The third-order valence-electron chi connectivity index (χ3n) is 3.28. The highest BCUT2D eigenvalue weighted by atomic mass is 19.1. The Morgan fingerprint density at radius 1 is 1.40 bits per heavy atom. The van der Waals surface area contributed by atoms with Crippen molar-refractivity contribution < 1.29 is 9.13 Å². The summed E-state index contributed by atoms with van der Waals surface area (Å²) >= 11 is 0. The van der Waals surface area contributed by atoms with Crippen LogP contribution in [0.2, 0.25) is 0 Å². The molecule has 0 aliphatic carbocycles. The Bertz CT molecular complexity index is 371. The van der Waals surface area contributed by atoms with E-state index in [0.717, 1.165) is 17.5 Å². The van der Waals surface area contributed by atoms with Gasteiger partial charge in [0.05, 0.1) is 6.10 Å². The van der Waals surface area contributed by atoms with Gasteiger partial charge in [0.25, 0.3) is 0 Å². The molecule has 1 aliphatic heterocycles. The fourth-order valence-corrected chi connectivity index (χ4v) is 2.25. The summed E-state index contributed by atoms with van der Waals surface area (Å²) in [5.41, 5.74) is 1.83. The predicted octanol–water partition coefficient (Wildman–Crippen LogP) is 3.58. The lowest BCUT2D eigenvalue weighted by atomic mass is 9.79. The number of hydrogen-bond donors (Lipinski definition) is 0. The average Bonchev–Trinajstić information content (AvgIpc) is 2.26. The van der Waals surface area contributed by atoms with Gasteiger partial charge in [-0.3, -0.25) is 0 Å². The van der Waals surface area contributed by atoms with Crippen molar-refractivity contribution in [2.24, 2.45) is 0 Å². The molecule has 15 heavy (non-hydrogen) atoms. The molecule has 0 saturated carbocycles. The van der Waals surface area contributed by atoms with E-state index in [1.54, 1.807) is 6.07 Å². The van der Waals surface area contributed by atoms with Crippen molar-refractivity contribution in [2.45, 2.75) is 38.7 Å². The fourth-order valence-electron chi connectivity index (χ4n) is 2.25. The van der Waals surface area contributed by atoms with Gasteiger partial charge in [0, 0.05) is 12.2 Å². The third kappa shape index (κ3) is 1.78. The van der Waals surface area contributed by atoms with Gasteiger partial charge >= 0.3 is 0 Å². The Kier molecular flexibility index (Phi) is 2.55. The second-order valence-corrected chi connectivity index (χ2v) is 4.85. The monoisotopic (exact) mass is 208 g/mol. The van der Waals surface area contributed by atoms with Gasteiger partial charge in [-0.05, 0) is 30.4 Å². The summed E-state index contributed by atoms with van der Waals surface area (Å²) in [7, 11) is 0. The number of ether oxygens (including phenoxy) is 1. The van der Waals surface area contributed by atoms with E-state index < -0.39 is 0 Å². The largest absolute Gasteiger partial charge is 0.374 e. The van der Waals surface area contributed by atoms with Gasteiger partial charge in [-0.15, -0.1) is 0 Å². The zero-order chi connectivity index (χ0) is 11.1. The van der Waals surface area contributed by atoms with Gasteiger partial charge in [0.1, 0.15) is 5.82 Å². The summed E-state index contributed by atoms with van der Waals surface area (Å²) in [6, 6.07) is 5.32. The standard InChI is InChI=1S/C13H17FO/c1-9-12-10(5-4-6-11(12)14)13(2,3)7-8-15-9/h4-6,9H,7-8H2,1-3H3. The molecule has 0 fully saturated rings. The van der Waals surface area contributed by atoms with E-state index in [1.807, 2.05) is 13.0 Å². The Morgan fingerprint density at radius 2 is 2.13 bits per heavy atom. The van der Waals surface area contributed by atoms with Crippen LogP contribution in [0.1, 0.15) is 44.4 Å². The van der Waals surface area contributed by atoms with E-state index in [0.29, 0.717) is 6.61 Å². The zero-order valence-corrected chi connectivity index (χ0v) is 9.51. The summed E-state index contributed by atoms with van der Waals surface area (Å²) < 4.78 is 19.4. The minimum absolute atomic E-state index is 0.00218. The highest BCUT2D eigenvalue weighted by Crippen LogP contribution is 2.38. The van der Waals surface area contributed by atoms with Crippen LogP contribution in [0.3, 0.4) is 0 Å². The molecule has 1 aromatic rings. The minimum Gasteiger partial charge on any atom is -0.374 e. The summed E-state index contributed by atoms with van der Waals surface area (Å²) in [4.78, 5) is 0. The first-order valence-electron chi connectivity index (χ1n) is 5.43. The second-order valence-electron chi connectivity index (χ2n) is 4.85. The molecular weight excluding hydrogens is 191 g/mol. The molecule has 82 valence electrons. The SMILES string of the molecule is CC1OCCC(C)(C)c2cccc(F)c21. The summed E-state index contributed by atoms with van der Waals surface area (Å²) in [6.07, 6.45) is 0.802. The van der Waals surface area contributed by atoms with Gasteiger partial charge in [0.2, 0.25) is 0 Å². The summed E-state index contributed by atoms with van der Waals surface area (Å²) in [6.45, 7) is 6.91. The van der Waals surface area contributed by atoms with Crippen molar-refractivity contribution in [1.82, 2.24) is 0 Å². The van der Waals surface area contributed by atoms with Crippen molar-refractivity contribution >= 4 is 0 Å². The molecule has 0 spiro atoms. The third-order valence-corrected chi connectivity index (χ3v) is 3.28. The molecule has 1 nitrogen and oxygen atoms in total. The molecule has 1 unspecified atom stereocenters. The summed E-state index contributed by atoms with van der Waals surface area (Å²) in [5.74, 6) is -0.144. The zero-order valence-electron chi connectivity index (χ0n) is 9.51. The molecule has 0 amide bonds. The van der Waals surface area contributed by atoms with Crippen molar-refractivity contribution in [3.63, 3.8) is 0 Å². The maximum Gasteiger partial charge on any atom is 0.129 e.